The van der Waals surface area contributed by atoms with Gasteiger partial charge in [-0.1, -0.05) is 0 Å². The first-order chi connectivity index (χ1) is 14.1. The van der Waals surface area contributed by atoms with Crippen molar-refractivity contribution in [3.05, 3.63) is 56.4 Å². The molecule has 0 radical (unpaired) electrons. The summed E-state index contributed by atoms with van der Waals surface area (Å²) in [6, 6.07) is 3.58. The number of aryl methyl sites for hydroxylation is 1. The molecule has 0 bridgehead atoms. The SMILES string of the molecule is CCOC(=O)c1c(C)[nH]c(C(=O)[C@@H](C)OC(=O)c2ccc(OC)c([N+](=O)[O-])c2)c1C. The number of ether oxygens (including phenoxy) is 3. The summed E-state index contributed by atoms with van der Waals surface area (Å²) in [5, 5.41) is 11.1. The molecule has 10 nitrogen and oxygen atoms in total. The van der Waals surface area contributed by atoms with E-state index in [1.54, 1.807) is 20.8 Å². The lowest BCUT2D eigenvalue weighted by Gasteiger charge is -2.12. The smallest absolute Gasteiger partial charge is 0.340 e. The fourth-order valence-corrected chi connectivity index (χ4v) is 2.95. The number of hydrogen-bond donors (Lipinski definition) is 1. The van der Waals surface area contributed by atoms with E-state index in [0.717, 1.165) is 6.07 Å². The van der Waals surface area contributed by atoms with Crippen LogP contribution in [0.4, 0.5) is 5.69 Å². The molecule has 1 aromatic heterocycles. The highest BCUT2D eigenvalue weighted by Crippen LogP contribution is 2.28. The topological polar surface area (TPSA) is 138 Å². The molecular weight excluding hydrogens is 396 g/mol. The molecule has 160 valence electrons. The second-order valence-electron chi connectivity index (χ2n) is 6.40. The van der Waals surface area contributed by atoms with Crippen LogP contribution in [0.3, 0.4) is 0 Å². The first-order valence-electron chi connectivity index (χ1n) is 9.06. The van der Waals surface area contributed by atoms with Crippen LogP contribution < -0.4 is 4.74 Å². The van der Waals surface area contributed by atoms with Crippen molar-refractivity contribution in [3.63, 3.8) is 0 Å². The fraction of sp³-hybridized carbons (Fsp3) is 0.350. The molecule has 0 fully saturated rings. The normalized spacial score (nSPS) is 11.5. The van der Waals surface area contributed by atoms with Crippen molar-refractivity contribution in [3.8, 4) is 5.75 Å². The summed E-state index contributed by atoms with van der Waals surface area (Å²) in [4.78, 5) is 50.5. The number of ketones is 1. The van der Waals surface area contributed by atoms with Crippen LogP contribution in [-0.2, 0) is 9.47 Å². The summed E-state index contributed by atoms with van der Waals surface area (Å²) in [7, 11) is 1.27. The zero-order valence-corrected chi connectivity index (χ0v) is 17.2. The van der Waals surface area contributed by atoms with Crippen LogP contribution >= 0.6 is 0 Å². The monoisotopic (exact) mass is 418 g/mol. The van der Waals surface area contributed by atoms with Crippen LogP contribution in [0.2, 0.25) is 0 Å². The molecule has 0 aliphatic heterocycles. The number of carbonyl (C=O) groups excluding carboxylic acids is 3. The number of H-pyrrole nitrogens is 1. The molecule has 1 aromatic carbocycles. The molecule has 2 aromatic rings. The Morgan fingerprint density at radius 2 is 1.87 bits per heavy atom. The lowest BCUT2D eigenvalue weighted by molar-refractivity contribution is -0.385. The molecule has 10 heteroatoms. The molecule has 1 heterocycles. The van der Waals surface area contributed by atoms with E-state index in [-0.39, 0.29) is 29.2 Å². The summed E-state index contributed by atoms with van der Waals surface area (Å²) in [6.07, 6.45) is -1.20. The van der Waals surface area contributed by atoms with Crippen molar-refractivity contribution < 1.29 is 33.5 Å². The summed E-state index contributed by atoms with van der Waals surface area (Å²) in [5.41, 5.74) is 0.716. The van der Waals surface area contributed by atoms with E-state index in [1.807, 2.05) is 0 Å². The lowest BCUT2D eigenvalue weighted by Crippen LogP contribution is -2.25. The van der Waals surface area contributed by atoms with Gasteiger partial charge < -0.3 is 19.2 Å². The molecule has 0 spiro atoms. The third kappa shape index (κ3) is 4.48. The number of aromatic nitrogens is 1. The lowest BCUT2D eigenvalue weighted by atomic mass is 10.1. The van der Waals surface area contributed by atoms with Crippen molar-refractivity contribution >= 4 is 23.4 Å². The van der Waals surface area contributed by atoms with Gasteiger partial charge in [-0.15, -0.1) is 0 Å². The van der Waals surface area contributed by atoms with E-state index in [0.29, 0.717) is 11.3 Å². The summed E-state index contributed by atoms with van der Waals surface area (Å²) >= 11 is 0. The zero-order chi connectivity index (χ0) is 22.6. The number of nitro benzene ring substituents is 1. The summed E-state index contributed by atoms with van der Waals surface area (Å²) < 4.78 is 15.1. The van der Waals surface area contributed by atoms with Gasteiger partial charge in [0.25, 0.3) is 0 Å². The third-order valence-electron chi connectivity index (χ3n) is 4.43. The number of nitrogens with one attached hydrogen (secondary N) is 1. The summed E-state index contributed by atoms with van der Waals surface area (Å²) in [5.74, 6) is -2.03. The standard InChI is InChI=1S/C20H22N2O8/c1-6-29-20(25)16-10(2)17(21-11(16)3)18(23)12(4)30-19(24)13-7-8-15(28-5)14(9-13)22(26)27/h7-9,12,21H,6H2,1-5H3/t12-/m1/s1. The van der Waals surface area contributed by atoms with Crippen LogP contribution in [0.15, 0.2) is 18.2 Å². The molecule has 0 saturated carbocycles. The molecule has 0 aliphatic carbocycles. The first-order valence-corrected chi connectivity index (χ1v) is 9.06. The Morgan fingerprint density at radius 1 is 1.20 bits per heavy atom. The molecule has 1 atom stereocenters. The first kappa shape index (κ1) is 22.6. The van der Waals surface area contributed by atoms with Gasteiger partial charge in [-0.05, 0) is 45.4 Å². The van der Waals surface area contributed by atoms with E-state index in [1.165, 1.54) is 26.2 Å². The van der Waals surface area contributed by atoms with E-state index in [4.69, 9.17) is 14.2 Å². The van der Waals surface area contributed by atoms with Gasteiger partial charge in [0.15, 0.2) is 11.9 Å². The molecule has 2 rings (SSSR count). The Morgan fingerprint density at radius 3 is 2.43 bits per heavy atom. The van der Waals surface area contributed by atoms with Gasteiger partial charge in [0.05, 0.1) is 35.5 Å². The van der Waals surface area contributed by atoms with Gasteiger partial charge in [0, 0.05) is 11.8 Å². The van der Waals surface area contributed by atoms with Crippen molar-refractivity contribution in [2.45, 2.75) is 33.8 Å². The van der Waals surface area contributed by atoms with Crippen LogP contribution in [-0.4, -0.2) is 47.4 Å². The summed E-state index contributed by atoms with van der Waals surface area (Å²) in [6.45, 7) is 6.45. The number of esters is 2. The highest BCUT2D eigenvalue weighted by molar-refractivity contribution is 6.04. The van der Waals surface area contributed by atoms with Crippen molar-refractivity contribution in [2.24, 2.45) is 0 Å². The van der Waals surface area contributed by atoms with E-state index in [9.17, 15) is 24.5 Å². The fourth-order valence-electron chi connectivity index (χ4n) is 2.95. The van der Waals surface area contributed by atoms with E-state index >= 15 is 0 Å². The van der Waals surface area contributed by atoms with Crippen LogP contribution in [0.5, 0.6) is 5.75 Å². The highest BCUT2D eigenvalue weighted by atomic mass is 16.6. The van der Waals surface area contributed by atoms with E-state index < -0.39 is 34.4 Å². The maximum Gasteiger partial charge on any atom is 0.340 e. The average molecular weight is 418 g/mol. The number of rotatable bonds is 8. The van der Waals surface area contributed by atoms with Gasteiger partial charge >= 0.3 is 17.6 Å². The molecule has 0 aliphatic rings. The Labute approximate surface area is 172 Å². The number of methoxy groups -OCH3 is 1. The second-order valence-corrected chi connectivity index (χ2v) is 6.40. The maximum atomic E-state index is 12.8. The second kappa shape index (κ2) is 9.21. The zero-order valence-electron chi connectivity index (χ0n) is 17.2. The third-order valence-corrected chi connectivity index (χ3v) is 4.43. The number of Topliss-reactive ketones (excluding diaryl/α,β-unsaturated/α-hetero) is 1. The van der Waals surface area contributed by atoms with Crippen LogP contribution in [0.1, 0.15) is 56.3 Å². The van der Waals surface area contributed by atoms with Crippen molar-refractivity contribution in [2.75, 3.05) is 13.7 Å². The number of nitro groups is 1. The van der Waals surface area contributed by atoms with Crippen LogP contribution in [0.25, 0.3) is 0 Å². The molecule has 1 N–H and O–H groups in total. The van der Waals surface area contributed by atoms with Gasteiger partial charge in [0.1, 0.15) is 0 Å². The molecule has 0 unspecified atom stereocenters. The van der Waals surface area contributed by atoms with Gasteiger partial charge in [-0.3, -0.25) is 14.9 Å². The highest BCUT2D eigenvalue weighted by Gasteiger charge is 2.28. The Kier molecular flexibility index (Phi) is 6.93. The predicted octanol–water partition coefficient (Wildman–Crippen LogP) is 3.15. The molecule has 0 saturated heterocycles. The quantitative estimate of drug-likeness (QED) is 0.299. The van der Waals surface area contributed by atoms with Crippen LogP contribution in [0, 0.1) is 24.0 Å². The van der Waals surface area contributed by atoms with Gasteiger partial charge in [-0.25, -0.2) is 9.59 Å². The van der Waals surface area contributed by atoms with Gasteiger partial charge in [0.2, 0.25) is 5.78 Å². The minimum Gasteiger partial charge on any atom is -0.490 e. The minimum atomic E-state index is -1.20. The minimum absolute atomic E-state index is 0.00958. The predicted molar refractivity (Wildman–Crippen MR) is 105 cm³/mol. The molecule has 0 amide bonds. The van der Waals surface area contributed by atoms with E-state index in [2.05, 4.69) is 4.98 Å². The number of hydrogen-bond acceptors (Lipinski definition) is 8. The Bertz CT molecular complexity index is 1010. The molecule has 30 heavy (non-hydrogen) atoms. The Hall–Kier alpha value is -3.69. The number of carbonyl (C=O) groups is 3. The molecular formula is C20H22N2O8. The number of benzene rings is 1. The largest absolute Gasteiger partial charge is 0.490 e. The maximum absolute atomic E-state index is 12.8. The van der Waals surface area contributed by atoms with Crippen molar-refractivity contribution in [1.82, 2.24) is 4.98 Å². The Balaban J connectivity index is 2.23. The number of aromatic amines is 1. The average Bonchev–Trinajstić information content (AvgIpc) is 3.00. The van der Waals surface area contributed by atoms with Crippen molar-refractivity contribution in [1.29, 1.82) is 0 Å². The number of nitrogens with zero attached hydrogens (tertiary/aromatic N) is 1. The van der Waals surface area contributed by atoms with Gasteiger partial charge in [-0.2, -0.15) is 0 Å².